The molecule has 0 atom stereocenters. The Balaban J connectivity index is 1.38. The zero-order valence-electron chi connectivity index (χ0n) is 18.5. The number of piperidine rings is 1. The minimum atomic E-state index is -0.501. The average Bonchev–Trinajstić information content (AvgIpc) is 2.84. The number of anilines is 2. The van der Waals surface area contributed by atoms with E-state index >= 15 is 0 Å². The van der Waals surface area contributed by atoms with Gasteiger partial charge < -0.3 is 15.0 Å². The molecule has 0 bridgehead atoms. The van der Waals surface area contributed by atoms with Gasteiger partial charge in [0.25, 0.3) is 5.69 Å². The second kappa shape index (κ2) is 9.64. The van der Waals surface area contributed by atoms with Gasteiger partial charge in [0.2, 0.25) is 5.91 Å². The first-order chi connectivity index (χ1) is 16.0. The van der Waals surface area contributed by atoms with Gasteiger partial charge in [-0.15, -0.1) is 10.2 Å². The zero-order valence-corrected chi connectivity index (χ0v) is 18.5. The van der Waals surface area contributed by atoms with Crippen molar-refractivity contribution in [1.82, 2.24) is 10.2 Å². The summed E-state index contributed by atoms with van der Waals surface area (Å²) in [5.41, 5.74) is 3.23. The van der Waals surface area contributed by atoms with Crippen molar-refractivity contribution in [3.8, 4) is 17.0 Å². The van der Waals surface area contributed by atoms with Gasteiger partial charge >= 0.3 is 0 Å². The molecule has 1 aromatic heterocycles. The van der Waals surface area contributed by atoms with Gasteiger partial charge in [0.05, 0.1) is 23.4 Å². The number of carbonyl (C=O) groups excluding carboxylic acids is 1. The standard InChI is InChI=1S/C24H25N5O4/c1-16-5-3-4-6-19(16)20-8-10-23(27-26-20)28-13-11-17(12-14-28)24(30)25-21-15-18(29(31)32)7-9-22(21)33-2/h3-10,15,17H,11-14H2,1-2H3,(H,25,30). The minimum absolute atomic E-state index is 0.103. The van der Waals surface area contributed by atoms with Gasteiger partial charge in [-0.3, -0.25) is 14.9 Å². The number of nitro groups is 1. The molecule has 1 fully saturated rings. The van der Waals surface area contributed by atoms with Gasteiger partial charge in [-0.25, -0.2) is 0 Å². The van der Waals surface area contributed by atoms with E-state index in [0.29, 0.717) is 37.4 Å². The number of carbonyl (C=O) groups is 1. The molecule has 0 spiro atoms. The van der Waals surface area contributed by atoms with Crippen LogP contribution in [0.3, 0.4) is 0 Å². The van der Waals surface area contributed by atoms with Gasteiger partial charge in [-0.1, -0.05) is 24.3 Å². The number of nitro benzene ring substituents is 1. The summed E-state index contributed by atoms with van der Waals surface area (Å²) < 4.78 is 5.23. The van der Waals surface area contributed by atoms with Crippen LogP contribution in [0.4, 0.5) is 17.2 Å². The third kappa shape index (κ3) is 4.92. The van der Waals surface area contributed by atoms with Crippen LogP contribution in [-0.2, 0) is 4.79 Å². The Kier molecular flexibility index (Phi) is 6.48. The van der Waals surface area contributed by atoms with Crippen molar-refractivity contribution in [1.29, 1.82) is 0 Å². The highest BCUT2D eigenvalue weighted by molar-refractivity contribution is 5.94. The second-order valence-electron chi connectivity index (χ2n) is 7.98. The van der Waals surface area contributed by atoms with Gasteiger partial charge in [0, 0.05) is 36.7 Å². The minimum Gasteiger partial charge on any atom is -0.495 e. The van der Waals surface area contributed by atoms with Crippen molar-refractivity contribution < 1.29 is 14.5 Å². The molecule has 1 aliphatic rings. The van der Waals surface area contributed by atoms with Crippen LogP contribution in [0.25, 0.3) is 11.3 Å². The van der Waals surface area contributed by atoms with E-state index in [0.717, 1.165) is 22.6 Å². The van der Waals surface area contributed by atoms with Crippen molar-refractivity contribution in [2.75, 3.05) is 30.4 Å². The zero-order chi connectivity index (χ0) is 23.4. The van der Waals surface area contributed by atoms with Crippen LogP contribution in [0.2, 0.25) is 0 Å². The summed E-state index contributed by atoms with van der Waals surface area (Å²) in [6.45, 7) is 3.38. The molecule has 33 heavy (non-hydrogen) atoms. The first-order valence-electron chi connectivity index (χ1n) is 10.7. The fraction of sp³-hybridized carbons (Fsp3) is 0.292. The van der Waals surface area contributed by atoms with E-state index < -0.39 is 4.92 Å². The molecule has 0 radical (unpaired) electrons. The largest absolute Gasteiger partial charge is 0.495 e. The van der Waals surface area contributed by atoms with Crippen molar-refractivity contribution in [2.45, 2.75) is 19.8 Å². The van der Waals surface area contributed by atoms with Crippen molar-refractivity contribution in [3.05, 3.63) is 70.3 Å². The van der Waals surface area contributed by atoms with Gasteiger partial charge in [-0.2, -0.15) is 0 Å². The number of aromatic nitrogens is 2. The Morgan fingerprint density at radius 2 is 1.88 bits per heavy atom. The second-order valence-corrected chi connectivity index (χ2v) is 7.98. The number of hydrogen-bond acceptors (Lipinski definition) is 7. The lowest BCUT2D eigenvalue weighted by Crippen LogP contribution is -2.38. The first-order valence-corrected chi connectivity index (χ1v) is 10.7. The van der Waals surface area contributed by atoms with Crippen LogP contribution in [0.15, 0.2) is 54.6 Å². The fourth-order valence-corrected chi connectivity index (χ4v) is 4.01. The maximum atomic E-state index is 12.8. The molecule has 0 aliphatic carbocycles. The van der Waals surface area contributed by atoms with E-state index in [1.807, 2.05) is 43.3 Å². The molecule has 2 aromatic carbocycles. The monoisotopic (exact) mass is 447 g/mol. The Labute approximate surface area is 191 Å². The smallest absolute Gasteiger partial charge is 0.271 e. The first kappa shape index (κ1) is 22.2. The van der Waals surface area contributed by atoms with Crippen molar-refractivity contribution >= 4 is 23.1 Å². The Morgan fingerprint density at radius 1 is 1.12 bits per heavy atom. The van der Waals surface area contributed by atoms with Gasteiger partial charge in [-0.05, 0) is 43.5 Å². The molecule has 3 aromatic rings. The highest BCUT2D eigenvalue weighted by Crippen LogP contribution is 2.31. The highest BCUT2D eigenvalue weighted by atomic mass is 16.6. The molecule has 2 heterocycles. The molecule has 1 N–H and O–H groups in total. The van der Waals surface area contributed by atoms with Crippen molar-refractivity contribution in [2.24, 2.45) is 5.92 Å². The van der Waals surface area contributed by atoms with Gasteiger partial charge in [0.1, 0.15) is 5.75 Å². The third-order valence-electron chi connectivity index (χ3n) is 5.91. The summed E-state index contributed by atoms with van der Waals surface area (Å²) >= 11 is 0. The molecule has 0 unspecified atom stereocenters. The fourth-order valence-electron chi connectivity index (χ4n) is 4.01. The van der Waals surface area contributed by atoms with E-state index in [9.17, 15) is 14.9 Å². The lowest BCUT2D eigenvalue weighted by atomic mass is 9.95. The molecule has 1 aliphatic heterocycles. The number of amides is 1. The number of rotatable bonds is 6. The summed E-state index contributed by atoms with van der Waals surface area (Å²) in [4.78, 5) is 25.5. The lowest BCUT2D eigenvalue weighted by Gasteiger charge is -2.32. The molecular weight excluding hydrogens is 422 g/mol. The number of benzene rings is 2. The highest BCUT2D eigenvalue weighted by Gasteiger charge is 2.27. The molecule has 0 saturated carbocycles. The number of ether oxygens (including phenoxy) is 1. The number of hydrogen-bond donors (Lipinski definition) is 1. The molecular formula is C24H25N5O4. The van der Waals surface area contributed by atoms with Crippen LogP contribution >= 0.6 is 0 Å². The maximum Gasteiger partial charge on any atom is 0.271 e. The van der Waals surface area contributed by atoms with E-state index in [4.69, 9.17) is 4.74 Å². The lowest BCUT2D eigenvalue weighted by molar-refractivity contribution is -0.384. The molecule has 170 valence electrons. The van der Waals surface area contributed by atoms with Crippen LogP contribution in [0.5, 0.6) is 5.75 Å². The number of non-ortho nitro benzene ring substituents is 1. The molecule has 1 amide bonds. The number of aryl methyl sites for hydroxylation is 1. The van der Waals surface area contributed by atoms with E-state index in [2.05, 4.69) is 20.4 Å². The Morgan fingerprint density at radius 3 is 2.52 bits per heavy atom. The summed E-state index contributed by atoms with van der Waals surface area (Å²) in [7, 11) is 1.46. The summed E-state index contributed by atoms with van der Waals surface area (Å²) in [6.07, 6.45) is 1.29. The topological polar surface area (TPSA) is 110 Å². The summed E-state index contributed by atoms with van der Waals surface area (Å²) in [5.74, 6) is 0.792. The summed E-state index contributed by atoms with van der Waals surface area (Å²) in [5, 5.41) is 22.7. The molecule has 1 saturated heterocycles. The van der Waals surface area contributed by atoms with Crippen LogP contribution < -0.4 is 15.0 Å². The van der Waals surface area contributed by atoms with E-state index in [-0.39, 0.29) is 17.5 Å². The Bertz CT molecular complexity index is 1160. The number of nitrogens with one attached hydrogen (secondary N) is 1. The Hall–Kier alpha value is -4.01. The SMILES string of the molecule is COc1ccc([N+](=O)[O-])cc1NC(=O)C1CCN(c2ccc(-c3ccccc3C)nn2)CC1. The van der Waals surface area contributed by atoms with E-state index in [1.165, 1.54) is 25.3 Å². The molecule has 9 nitrogen and oxygen atoms in total. The average molecular weight is 447 g/mol. The molecule has 9 heteroatoms. The predicted octanol–water partition coefficient (Wildman–Crippen LogP) is 4.22. The number of nitrogens with zero attached hydrogens (tertiary/aromatic N) is 4. The summed E-state index contributed by atoms with van der Waals surface area (Å²) in [6, 6.07) is 16.1. The normalized spacial score (nSPS) is 14.1. The predicted molar refractivity (Wildman–Crippen MR) is 125 cm³/mol. The quantitative estimate of drug-likeness (QED) is 0.445. The number of methoxy groups -OCH3 is 1. The van der Waals surface area contributed by atoms with E-state index in [1.54, 1.807) is 0 Å². The van der Waals surface area contributed by atoms with Crippen LogP contribution in [0, 0.1) is 23.0 Å². The third-order valence-corrected chi connectivity index (χ3v) is 5.91. The maximum absolute atomic E-state index is 12.8. The van der Waals surface area contributed by atoms with Crippen molar-refractivity contribution in [3.63, 3.8) is 0 Å². The van der Waals surface area contributed by atoms with Gasteiger partial charge in [0.15, 0.2) is 5.82 Å². The molecule has 4 rings (SSSR count). The van der Waals surface area contributed by atoms with Crippen LogP contribution in [-0.4, -0.2) is 41.2 Å². The van der Waals surface area contributed by atoms with Crippen LogP contribution in [0.1, 0.15) is 18.4 Å².